The smallest absolute Gasteiger partial charge is 0.310 e. The predicted molar refractivity (Wildman–Crippen MR) is 70.7 cm³/mol. The molecule has 0 radical (unpaired) electrons. The summed E-state index contributed by atoms with van der Waals surface area (Å²) in [5.74, 6) is -0.710. The number of hydrogen-bond acceptors (Lipinski definition) is 4. The van der Waals surface area contributed by atoms with Crippen molar-refractivity contribution in [3.05, 3.63) is 36.3 Å². The third-order valence-electron chi connectivity index (χ3n) is 3.52. The maximum Gasteiger partial charge on any atom is 0.310 e. The van der Waals surface area contributed by atoms with Crippen LogP contribution in [-0.4, -0.2) is 39.8 Å². The highest BCUT2D eigenvalue weighted by molar-refractivity contribution is 5.86. The Balaban J connectivity index is 1.74. The Labute approximate surface area is 116 Å². The molecule has 104 valence electrons. The van der Waals surface area contributed by atoms with Crippen LogP contribution in [0.2, 0.25) is 0 Å². The molecule has 1 saturated heterocycles. The van der Waals surface area contributed by atoms with E-state index in [9.17, 15) is 9.59 Å². The lowest BCUT2D eigenvalue weighted by Crippen LogP contribution is -2.26. The zero-order valence-corrected chi connectivity index (χ0v) is 11.2. The summed E-state index contributed by atoms with van der Waals surface area (Å²) in [6.45, 7) is 0.827. The van der Waals surface area contributed by atoms with Crippen LogP contribution in [0.1, 0.15) is 12.1 Å². The van der Waals surface area contributed by atoms with E-state index in [0.717, 1.165) is 11.3 Å². The molecule has 1 atom stereocenters. The molecule has 6 heteroatoms. The Morgan fingerprint density at radius 2 is 2.35 bits per heavy atom. The Hall–Kier alpha value is -2.37. The molecule has 3 rings (SSSR count). The van der Waals surface area contributed by atoms with Gasteiger partial charge in [-0.05, 0) is 12.1 Å². The first-order chi connectivity index (χ1) is 9.67. The van der Waals surface area contributed by atoms with Crippen LogP contribution >= 0.6 is 0 Å². The fraction of sp³-hybridized carbons (Fsp3) is 0.357. The molecule has 3 heterocycles. The average molecular weight is 273 g/mol. The normalized spacial score (nSPS) is 18.8. The number of rotatable bonds is 3. The van der Waals surface area contributed by atoms with Gasteiger partial charge in [0, 0.05) is 25.4 Å². The van der Waals surface area contributed by atoms with Gasteiger partial charge in [-0.3, -0.25) is 9.59 Å². The Morgan fingerprint density at radius 1 is 1.50 bits per heavy atom. The van der Waals surface area contributed by atoms with Crippen molar-refractivity contribution in [2.75, 3.05) is 13.7 Å². The Bertz CT molecular complexity index is 631. The minimum atomic E-state index is -0.357. The number of hydrogen-bond donors (Lipinski definition) is 0. The van der Waals surface area contributed by atoms with Crippen molar-refractivity contribution < 1.29 is 14.3 Å². The maximum atomic E-state index is 11.9. The Morgan fingerprint density at radius 3 is 3.10 bits per heavy atom. The van der Waals surface area contributed by atoms with Crippen LogP contribution in [-0.2, 0) is 20.9 Å². The van der Waals surface area contributed by atoms with Gasteiger partial charge in [0.05, 0.1) is 25.3 Å². The average Bonchev–Trinajstić information content (AvgIpc) is 3.02. The molecule has 1 amide bonds. The molecule has 0 bridgehead atoms. The van der Waals surface area contributed by atoms with Crippen LogP contribution in [0.5, 0.6) is 0 Å². The van der Waals surface area contributed by atoms with Gasteiger partial charge in [-0.15, -0.1) is 0 Å². The first kappa shape index (κ1) is 12.7. The van der Waals surface area contributed by atoms with Crippen LogP contribution in [0.4, 0.5) is 0 Å². The van der Waals surface area contributed by atoms with Crippen molar-refractivity contribution in [2.24, 2.45) is 5.92 Å². The second-order valence-electron chi connectivity index (χ2n) is 4.90. The van der Waals surface area contributed by atoms with Crippen molar-refractivity contribution in [3.8, 4) is 0 Å². The van der Waals surface area contributed by atoms with Gasteiger partial charge in [-0.2, -0.15) is 0 Å². The minimum absolute atomic E-state index is 0.0301. The molecule has 1 aliphatic heterocycles. The number of esters is 1. The third-order valence-corrected chi connectivity index (χ3v) is 3.52. The molecule has 0 spiro atoms. The van der Waals surface area contributed by atoms with E-state index >= 15 is 0 Å². The molecule has 20 heavy (non-hydrogen) atoms. The summed E-state index contributed by atoms with van der Waals surface area (Å²) in [5.41, 5.74) is 1.66. The summed E-state index contributed by atoms with van der Waals surface area (Å²) in [7, 11) is 1.34. The summed E-state index contributed by atoms with van der Waals surface area (Å²) in [6, 6.07) is 5.75. The number of pyridine rings is 1. The summed E-state index contributed by atoms with van der Waals surface area (Å²) >= 11 is 0. The monoisotopic (exact) mass is 273 g/mol. The fourth-order valence-electron chi connectivity index (χ4n) is 2.51. The summed E-state index contributed by atoms with van der Waals surface area (Å²) < 4.78 is 6.60. The number of methoxy groups -OCH3 is 1. The van der Waals surface area contributed by atoms with Crippen molar-refractivity contribution in [3.63, 3.8) is 0 Å². The van der Waals surface area contributed by atoms with Crippen molar-refractivity contribution in [1.29, 1.82) is 0 Å². The van der Waals surface area contributed by atoms with Gasteiger partial charge in [0.15, 0.2) is 0 Å². The highest BCUT2D eigenvalue weighted by Gasteiger charge is 2.35. The van der Waals surface area contributed by atoms with Gasteiger partial charge >= 0.3 is 5.97 Å². The number of amides is 1. The zero-order chi connectivity index (χ0) is 14.1. The highest BCUT2D eigenvalue weighted by Crippen LogP contribution is 2.21. The SMILES string of the molecule is COC(=O)C1CC(=O)N(Cc2cn3ccccc3n2)C1. The molecule has 0 aliphatic carbocycles. The molecule has 0 saturated carbocycles. The predicted octanol–water partition coefficient (Wildman–Crippen LogP) is 0.856. The van der Waals surface area contributed by atoms with Gasteiger partial charge in [-0.25, -0.2) is 4.98 Å². The van der Waals surface area contributed by atoms with Gasteiger partial charge in [0.2, 0.25) is 5.91 Å². The number of ether oxygens (including phenoxy) is 1. The van der Waals surface area contributed by atoms with Crippen LogP contribution < -0.4 is 0 Å². The standard InChI is InChI=1S/C14H15N3O3/c1-20-14(19)10-6-13(18)17(7-10)9-11-8-16-5-3-2-4-12(16)15-11/h2-5,8,10H,6-7,9H2,1H3. The van der Waals surface area contributed by atoms with Gasteiger partial charge in [-0.1, -0.05) is 6.07 Å². The number of carbonyl (C=O) groups excluding carboxylic acids is 2. The number of nitrogens with zero attached hydrogens (tertiary/aromatic N) is 3. The number of fused-ring (bicyclic) bond motifs is 1. The summed E-state index contributed by atoms with van der Waals surface area (Å²) in [4.78, 5) is 29.5. The largest absolute Gasteiger partial charge is 0.469 e. The van der Waals surface area contributed by atoms with E-state index in [1.165, 1.54) is 7.11 Å². The molecule has 0 aromatic carbocycles. The molecular formula is C14H15N3O3. The van der Waals surface area contributed by atoms with Gasteiger partial charge in [0.1, 0.15) is 5.65 Å². The Kier molecular flexibility index (Phi) is 3.14. The van der Waals surface area contributed by atoms with Crippen molar-refractivity contribution in [2.45, 2.75) is 13.0 Å². The summed E-state index contributed by atoms with van der Waals surface area (Å²) in [6.07, 6.45) is 4.03. The van der Waals surface area contributed by atoms with E-state index in [1.807, 2.05) is 35.0 Å². The van der Waals surface area contributed by atoms with E-state index in [1.54, 1.807) is 4.90 Å². The maximum absolute atomic E-state index is 11.9. The molecule has 1 fully saturated rings. The van der Waals surface area contributed by atoms with E-state index < -0.39 is 0 Å². The molecule has 2 aromatic heterocycles. The van der Waals surface area contributed by atoms with Gasteiger partial charge in [0.25, 0.3) is 0 Å². The first-order valence-electron chi connectivity index (χ1n) is 6.45. The molecular weight excluding hydrogens is 258 g/mol. The second kappa shape index (κ2) is 4.96. The van der Waals surface area contributed by atoms with E-state index in [4.69, 9.17) is 4.74 Å². The topological polar surface area (TPSA) is 63.9 Å². The first-order valence-corrected chi connectivity index (χ1v) is 6.45. The number of imidazole rings is 1. The molecule has 2 aromatic rings. The van der Waals surface area contributed by atoms with Crippen LogP contribution in [0, 0.1) is 5.92 Å². The van der Waals surface area contributed by atoms with Crippen molar-refractivity contribution >= 4 is 17.5 Å². The number of carbonyl (C=O) groups is 2. The molecule has 1 aliphatic rings. The quantitative estimate of drug-likeness (QED) is 0.778. The van der Waals surface area contributed by atoms with E-state index in [-0.39, 0.29) is 24.2 Å². The minimum Gasteiger partial charge on any atom is -0.469 e. The second-order valence-corrected chi connectivity index (χ2v) is 4.90. The lowest BCUT2D eigenvalue weighted by Gasteiger charge is -2.14. The van der Waals surface area contributed by atoms with Crippen molar-refractivity contribution in [1.82, 2.24) is 14.3 Å². The fourth-order valence-corrected chi connectivity index (χ4v) is 2.51. The third kappa shape index (κ3) is 2.24. The summed E-state index contributed by atoms with van der Waals surface area (Å²) in [5, 5.41) is 0. The zero-order valence-electron chi connectivity index (χ0n) is 11.2. The number of likely N-dealkylation sites (tertiary alicyclic amines) is 1. The number of aromatic nitrogens is 2. The van der Waals surface area contributed by atoms with Crippen LogP contribution in [0.15, 0.2) is 30.6 Å². The van der Waals surface area contributed by atoms with Gasteiger partial charge < -0.3 is 14.0 Å². The van der Waals surface area contributed by atoms with E-state index in [0.29, 0.717) is 13.1 Å². The molecule has 1 unspecified atom stereocenters. The molecule has 0 N–H and O–H groups in total. The van der Waals surface area contributed by atoms with Crippen LogP contribution in [0.3, 0.4) is 0 Å². The highest BCUT2D eigenvalue weighted by atomic mass is 16.5. The van der Waals surface area contributed by atoms with E-state index in [2.05, 4.69) is 4.98 Å². The lowest BCUT2D eigenvalue weighted by atomic mass is 10.1. The lowest BCUT2D eigenvalue weighted by molar-refractivity contribution is -0.145. The van der Waals surface area contributed by atoms with Crippen LogP contribution in [0.25, 0.3) is 5.65 Å². The molecule has 6 nitrogen and oxygen atoms in total.